The van der Waals surface area contributed by atoms with E-state index in [1.165, 1.54) is 0 Å². The van der Waals surface area contributed by atoms with E-state index in [4.69, 9.17) is 9.47 Å². The van der Waals surface area contributed by atoms with Crippen LogP contribution in [0.15, 0.2) is 72.8 Å². The highest BCUT2D eigenvalue weighted by molar-refractivity contribution is 6.08. The number of fused-ring (bicyclic) bond motifs is 1. The second kappa shape index (κ2) is 9.36. The molecule has 1 heterocycles. The molecule has 0 spiro atoms. The smallest absolute Gasteiger partial charge is 0.258 e. The van der Waals surface area contributed by atoms with Crippen LogP contribution in [0.2, 0.25) is 0 Å². The summed E-state index contributed by atoms with van der Waals surface area (Å²) in [4.78, 5) is 30.1. The van der Waals surface area contributed by atoms with Crippen LogP contribution < -0.4 is 19.3 Å². The fourth-order valence-electron chi connectivity index (χ4n) is 4.61. The lowest BCUT2D eigenvalue weighted by molar-refractivity contribution is -0.117. The standard InChI is InChI=1S/C27H28N2O4/c1-18-16-24(29(19(2)30)21-10-6-5-7-11-21)22-12-8-9-13-23(22)28(18)27(31)20-14-15-25(32-3)26(17-20)33-4/h5-15,17-18,24H,16H2,1-4H3. The van der Waals surface area contributed by atoms with Gasteiger partial charge in [0.15, 0.2) is 11.5 Å². The van der Waals surface area contributed by atoms with E-state index >= 15 is 0 Å². The van der Waals surface area contributed by atoms with Gasteiger partial charge in [0, 0.05) is 29.9 Å². The molecule has 33 heavy (non-hydrogen) atoms. The maximum absolute atomic E-state index is 13.7. The van der Waals surface area contributed by atoms with Crippen LogP contribution in [0.25, 0.3) is 0 Å². The quantitative estimate of drug-likeness (QED) is 0.540. The summed E-state index contributed by atoms with van der Waals surface area (Å²) >= 11 is 0. The number of rotatable bonds is 5. The van der Waals surface area contributed by atoms with Crippen LogP contribution in [0.5, 0.6) is 11.5 Å². The molecular formula is C27H28N2O4. The van der Waals surface area contributed by atoms with Gasteiger partial charge in [-0.1, -0.05) is 36.4 Å². The van der Waals surface area contributed by atoms with Crippen LogP contribution >= 0.6 is 0 Å². The lowest BCUT2D eigenvalue weighted by Crippen LogP contribution is -2.47. The molecule has 2 amide bonds. The summed E-state index contributed by atoms with van der Waals surface area (Å²) in [5.41, 5.74) is 3.11. The summed E-state index contributed by atoms with van der Waals surface area (Å²) in [6.45, 7) is 3.60. The van der Waals surface area contributed by atoms with Gasteiger partial charge in [0.1, 0.15) is 0 Å². The Morgan fingerprint density at radius 1 is 0.909 bits per heavy atom. The fraction of sp³-hybridized carbons (Fsp3) is 0.259. The van der Waals surface area contributed by atoms with Crippen molar-refractivity contribution in [2.24, 2.45) is 0 Å². The SMILES string of the molecule is COc1ccc(C(=O)N2c3ccccc3C(N(C(C)=O)c3ccccc3)CC2C)cc1OC. The summed E-state index contributed by atoms with van der Waals surface area (Å²) in [7, 11) is 3.12. The topological polar surface area (TPSA) is 59.1 Å². The average Bonchev–Trinajstić information content (AvgIpc) is 2.84. The van der Waals surface area contributed by atoms with Gasteiger partial charge in [-0.25, -0.2) is 0 Å². The van der Waals surface area contributed by atoms with Gasteiger partial charge in [-0.2, -0.15) is 0 Å². The van der Waals surface area contributed by atoms with Crippen molar-refractivity contribution >= 4 is 23.2 Å². The van der Waals surface area contributed by atoms with Crippen LogP contribution in [0, 0.1) is 0 Å². The Morgan fingerprint density at radius 3 is 2.24 bits per heavy atom. The fourth-order valence-corrected chi connectivity index (χ4v) is 4.61. The highest BCUT2D eigenvalue weighted by Gasteiger charge is 2.38. The molecular weight excluding hydrogens is 416 g/mol. The third-order valence-corrected chi connectivity index (χ3v) is 6.10. The van der Waals surface area contributed by atoms with Crippen molar-refractivity contribution in [2.45, 2.75) is 32.4 Å². The second-order valence-corrected chi connectivity index (χ2v) is 8.13. The van der Waals surface area contributed by atoms with Gasteiger partial charge in [-0.3, -0.25) is 9.59 Å². The van der Waals surface area contributed by atoms with Crippen molar-refractivity contribution in [3.05, 3.63) is 83.9 Å². The maximum atomic E-state index is 13.7. The number of benzene rings is 3. The molecule has 1 aliphatic heterocycles. The first-order chi connectivity index (χ1) is 16.0. The van der Waals surface area contributed by atoms with Gasteiger partial charge >= 0.3 is 0 Å². The van der Waals surface area contributed by atoms with Crippen molar-refractivity contribution in [2.75, 3.05) is 24.0 Å². The van der Waals surface area contributed by atoms with Gasteiger partial charge in [-0.15, -0.1) is 0 Å². The molecule has 3 aromatic carbocycles. The number of anilines is 2. The average molecular weight is 445 g/mol. The number of carbonyl (C=O) groups excluding carboxylic acids is 2. The van der Waals surface area contributed by atoms with Gasteiger partial charge in [0.25, 0.3) is 5.91 Å². The Morgan fingerprint density at radius 2 is 1.58 bits per heavy atom. The third kappa shape index (κ3) is 4.16. The zero-order valence-electron chi connectivity index (χ0n) is 19.3. The number of nitrogens with zero attached hydrogens (tertiary/aromatic N) is 2. The number of hydrogen-bond donors (Lipinski definition) is 0. The van der Waals surface area contributed by atoms with Crippen LogP contribution in [0.4, 0.5) is 11.4 Å². The highest BCUT2D eigenvalue weighted by atomic mass is 16.5. The van der Waals surface area contributed by atoms with Crippen molar-refractivity contribution in [1.29, 1.82) is 0 Å². The number of ether oxygens (including phenoxy) is 2. The van der Waals surface area contributed by atoms with Gasteiger partial charge in [0.05, 0.1) is 20.3 Å². The molecule has 170 valence electrons. The lowest BCUT2D eigenvalue weighted by atomic mass is 9.89. The number of para-hydroxylation sites is 2. The molecule has 0 aromatic heterocycles. The van der Waals surface area contributed by atoms with Crippen molar-refractivity contribution < 1.29 is 19.1 Å². The molecule has 2 atom stereocenters. The molecule has 0 fully saturated rings. The molecule has 3 aromatic rings. The summed E-state index contributed by atoms with van der Waals surface area (Å²) in [5.74, 6) is 0.920. The van der Waals surface area contributed by atoms with Crippen molar-refractivity contribution in [3.8, 4) is 11.5 Å². The Labute approximate surface area is 194 Å². The summed E-state index contributed by atoms with van der Waals surface area (Å²) in [6.07, 6.45) is 0.616. The van der Waals surface area contributed by atoms with Gasteiger partial charge in [-0.05, 0) is 55.3 Å². The molecule has 0 saturated heterocycles. The molecule has 1 aliphatic rings. The predicted octanol–water partition coefficient (Wildman–Crippen LogP) is 5.24. The minimum absolute atomic E-state index is 0.0344. The third-order valence-electron chi connectivity index (χ3n) is 6.10. The molecule has 0 radical (unpaired) electrons. The Hall–Kier alpha value is -3.80. The van der Waals surface area contributed by atoms with E-state index in [1.54, 1.807) is 39.3 Å². The lowest BCUT2D eigenvalue weighted by Gasteiger charge is -2.43. The summed E-state index contributed by atoms with van der Waals surface area (Å²) in [6, 6.07) is 22.4. The molecule has 4 rings (SSSR count). The Kier molecular flexibility index (Phi) is 6.36. The molecule has 0 aliphatic carbocycles. The van der Waals surface area contributed by atoms with Gasteiger partial charge < -0.3 is 19.3 Å². The second-order valence-electron chi connectivity index (χ2n) is 8.13. The van der Waals surface area contributed by atoms with E-state index < -0.39 is 0 Å². The molecule has 6 nitrogen and oxygen atoms in total. The Balaban J connectivity index is 1.76. The van der Waals surface area contributed by atoms with E-state index in [0.29, 0.717) is 23.5 Å². The number of hydrogen-bond acceptors (Lipinski definition) is 4. The normalized spacial score (nSPS) is 17.2. The van der Waals surface area contributed by atoms with E-state index in [9.17, 15) is 9.59 Å². The molecule has 0 saturated carbocycles. The Bertz CT molecular complexity index is 1160. The highest BCUT2D eigenvalue weighted by Crippen LogP contribution is 2.43. The van der Waals surface area contributed by atoms with Gasteiger partial charge in [0.2, 0.25) is 5.91 Å². The van der Waals surface area contributed by atoms with E-state index in [-0.39, 0.29) is 23.9 Å². The van der Waals surface area contributed by atoms with Crippen molar-refractivity contribution in [3.63, 3.8) is 0 Å². The zero-order valence-corrected chi connectivity index (χ0v) is 19.3. The molecule has 6 heteroatoms. The number of carbonyl (C=O) groups is 2. The predicted molar refractivity (Wildman–Crippen MR) is 129 cm³/mol. The van der Waals surface area contributed by atoms with Crippen LogP contribution in [-0.2, 0) is 4.79 Å². The summed E-state index contributed by atoms with van der Waals surface area (Å²) < 4.78 is 10.7. The zero-order chi connectivity index (χ0) is 23.5. The first-order valence-corrected chi connectivity index (χ1v) is 11.0. The van der Waals surface area contributed by atoms with E-state index in [0.717, 1.165) is 16.9 Å². The first kappa shape index (κ1) is 22.4. The van der Waals surface area contributed by atoms with Crippen molar-refractivity contribution in [1.82, 2.24) is 0 Å². The van der Waals surface area contributed by atoms with Crippen LogP contribution in [0.3, 0.4) is 0 Å². The minimum atomic E-state index is -0.175. The molecule has 0 N–H and O–H groups in total. The monoisotopic (exact) mass is 444 g/mol. The molecule has 0 bridgehead atoms. The number of amides is 2. The van der Waals surface area contributed by atoms with E-state index in [1.807, 2.05) is 71.3 Å². The number of methoxy groups -OCH3 is 2. The van der Waals surface area contributed by atoms with Crippen LogP contribution in [0.1, 0.15) is 42.2 Å². The summed E-state index contributed by atoms with van der Waals surface area (Å²) in [5, 5.41) is 0. The molecule has 2 unspecified atom stereocenters. The first-order valence-electron chi connectivity index (χ1n) is 11.0. The minimum Gasteiger partial charge on any atom is -0.493 e. The maximum Gasteiger partial charge on any atom is 0.258 e. The largest absolute Gasteiger partial charge is 0.493 e. The van der Waals surface area contributed by atoms with Crippen LogP contribution in [-0.4, -0.2) is 32.1 Å². The van der Waals surface area contributed by atoms with E-state index in [2.05, 4.69) is 0 Å².